The molecule has 0 radical (unpaired) electrons. The first kappa shape index (κ1) is 19.7. The third-order valence-electron chi connectivity index (χ3n) is 5.14. The highest BCUT2D eigenvalue weighted by Crippen LogP contribution is 2.43. The van der Waals surface area contributed by atoms with Crippen molar-refractivity contribution in [2.45, 2.75) is 52.2 Å². The Morgan fingerprint density at radius 1 is 1.32 bits per heavy atom. The van der Waals surface area contributed by atoms with Crippen molar-refractivity contribution in [3.63, 3.8) is 0 Å². The third-order valence-corrected chi connectivity index (χ3v) is 5.14. The molecule has 7 nitrogen and oxygen atoms in total. The minimum absolute atomic E-state index is 0.0902. The summed E-state index contributed by atoms with van der Waals surface area (Å²) in [5, 5.41) is 9.79. The molecule has 0 aliphatic carbocycles. The van der Waals surface area contributed by atoms with Gasteiger partial charge in [0.15, 0.2) is 6.29 Å². The number of carboxylic acid groups (broad SMARTS) is 1. The van der Waals surface area contributed by atoms with Gasteiger partial charge >= 0.3 is 6.09 Å². The van der Waals surface area contributed by atoms with E-state index >= 15 is 0 Å². The molecule has 0 spiro atoms. The van der Waals surface area contributed by atoms with Crippen molar-refractivity contribution < 1.29 is 23.9 Å². The van der Waals surface area contributed by atoms with Gasteiger partial charge in [0.1, 0.15) is 12.0 Å². The second-order valence-corrected chi connectivity index (χ2v) is 7.41. The summed E-state index contributed by atoms with van der Waals surface area (Å²) in [5.74, 6) is 0.427. The van der Waals surface area contributed by atoms with Gasteiger partial charge in [-0.1, -0.05) is 0 Å². The van der Waals surface area contributed by atoms with Crippen LogP contribution < -0.4 is 4.90 Å². The monoisotopic (exact) mass is 384 g/mol. The van der Waals surface area contributed by atoms with Crippen molar-refractivity contribution in [1.29, 1.82) is 0 Å². The summed E-state index contributed by atoms with van der Waals surface area (Å²) in [6.45, 7) is 7.11. The quantitative estimate of drug-likeness (QED) is 0.792. The van der Waals surface area contributed by atoms with E-state index in [1.165, 1.54) is 18.1 Å². The van der Waals surface area contributed by atoms with Gasteiger partial charge in [0.25, 0.3) is 0 Å². The van der Waals surface area contributed by atoms with Crippen molar-refractivity contribution >= 4 is 24.0 Å². The lowest BCUT2D eigenvalue weighted by molar-refractivity contribution is -0.117. The Kier molecular flexibility index (Phi) is 5.27. The number of fused-ring (bicyclic) bond motifs is 1. The van der Waals surface area contributed by atoms with Gasteiger partial charge in [-0.3, -0.25) is 14.5 Å². The van der Waals surface area contributed by atoms with E-state index in [1.54, 1.807) is 11.0 Å². The molecule has 0 unspecified atom stereocenters. The molecule has 2 heterocycles. The number of hydrogen-bond acceptors (Lipinski definition) is 4. The van der Waals surface area contributed by atoms with Gasteiger partial charge in [-0.05, 0) is 57.0 Å². The molecule has 1 N–H and O–H groups in total. The van der Waals surface area contributed by atoms with Crippen LogP contribution in [0.1, 0.15) is 56.1 Å². The van der Waals surface area contributed by atoms with E-state index < -0.39 is 12.1 Å². The molecule has 3 rings (SSSR count). The Morgan fingerprint density at radius 3 is 2.57 bits per heavy atom. The van der Waals surface area contributed by atoms with E-state index in [0.29, 0.717) is 29.7 Å². The van der Waals surface area contributed by atoms with E-state index in [0.717, 1.165) is 11.1 Å². The fourth-order valence-electron chi connectivity index (χ4n) is 4.01. The van der Waals surface area contributed by atoms with Crippen LogP contribution in [0.5, 0.6) is 0 Å². The second-order valence-electron chi connectivity index (χ2n) is 7.41. The minimum atomic E-state index is -0.999. The predicted molar refractivity (Wildman–Crippen MR) is 105 cm³/mol. The number of benzene rings is 1. The first-order valence-corrected chi connectivity index (χ1v) is 9.23. The first-order valence-electron chi connectivity index (χ1n) is 9.23. The molecule has 2 atom stereocenters. The lowest BCUT2D eigenvalue weighted by atomic mass is 9.88. The Hall–Kier alpha value is -3.09. The normalized spacial score (nSPS) is 18.7. The summed E-state index contributed by atoms with van der Waals surface area (Å²) in [6, 6.07) is 6.38. The zero-order valence-electron chi connectivity index (χ0n) is 16.4. The number of carbonyl (C=O) groups excluding carboxylic acids is 2. The Bertz CT molecular complexity index is 917. The molecule has 1 aromatic carbocycles. The van der Waals surface area contributed by atoms with E-state index in [-0.39, 0.29) is 18.0 Å². The van der Waals surface area contributed by atoms with Gasteiger partial charge < -0.3 is 14.4 Å². The van der Waals surface area contributed by atoms with Crippen LogP contribution in [-0.4, -0.2) is 40.4 Å². The van der Waals surface area contributed by atoms with Crippen molar-refractivity contribution in [3.05, 3.63) is 41.7 Å². The average Bonchev–Trinajstić information content (AvgIpc) is 3.09. The molecule has 2 aromatic rings. The zero-order chi connectivity index (χ0) is 20.6. The van der Waals surface area contributed by atoms with Crippen molar-refractivity contribution in [1.82, 2.24) is 4.90 Å². The average molecular weight is 384 g/mol. The summed E-state index contributed by atoms with van der Waals surface area (Å²) in [7, 11) is 0. The van der Waals surface area contributed by atoms with Crippen LogP contribution in [-0.2, 0) is 4.79 Å². The van der Waals surface area contributed by atoms with Gasteiger partial charge in [-0.15, -0.1) is 0 Å². The summed E-state index contributed by atoms with van der Waals surface area (Å²) in [6.07, 6.45) is 1.58. The second kappa shape index (κ2) is 7.50. The molecule has 0 bridgehead atoms. The van der Waals surface area contributed by atoms with Gasteiger partial charge in [0.2, 0.25) is 5.91 Å². The molecule has 1 aliphatic rings. The van der Waals surface area contributed by atoms with Gasteiger partial charge in [-0.2, -0.15) is 0 Å². The maximum atomic E-state index is 12.3. The highest BCUT2D eigenvalue weighted by atomic mass is 16.4. The fourth-order valence-corrected chi connectivity index (χ4v) is 4.01. The molecular weight excluding hydrogens is 360 g/mol. The number of rotatable bonds is 4. The van der Waals surface area contributed by atoms with Gasteiger partial charge in [0, 0.05) is 30.3 Å². The maximum Gasteiger partial charge on any atom is 0.408 e. The molecule has 1 aliphatic heterocycles. The van der Waals surface area contributed by atoms with Crippen LogP contribution in [0.25, 0.3) is 11.3 Å². The molecule has 0 fully saturated rings. The highest BCUT2D eigenvalue weighted by molar-refractivity contribution is 5.94. The number of furan rings is 1. The van der Waals surface area contributed by atoms with Crippen molar-refractivity contribution in [2.75, 3.05) is 4.90 Å². The molecule has 0 saturated carbocycles. The number of carbonyl (C=O) groups is 3. The lowest BCUT2D eigenvalue weighted by Crippen LogP contribution is -2.48. The summed E-state index contributed by atoms with van der Waals surface area (Å²) >= 11 is 0. The molecule has 7 heteroatoms. The van der Waals surface area contributed by atoms with Gasteiger partial charge in [0.05, 0.1) is 11.6 Å². The van der Waals surface area contributed by atoms with Crippen LogP contribution in [0, 0.1) is 0 Å². The first-order chi connectivity index (χ1) is 13.2. The zero-order valence-corrected chi connectivity index (χ0v) is 16.4. The third kappa shape index (κ3) is 3.40. The van der Waals surface area contributed by atoms with Crippen LogP contribution in [0.3, 0.4) is 0 Å². The fraction of sp³-hybridized carbons (Fsp3) is 0.381. The van der Waals surface area contributed by atoms with E-state index in [9.17, 15) is 19.5 Å². The molecular formula is C21H24N2O5. The molecule has 0 saturated heterocycles. The number of hydrogen-bond donors (Lipinski definition) is 1. The van der Waals surface area contributed by atoms with Crippen LogP contribution >= 0.6 is 0 Å². The largest absolute Gasteiger partial charge is 0.465 e. The summed E-state index contributed by atoms with van der Waals surface area (Å²) < 4.78 is 5.48. The maximum absolute atomic E-state index is 12.3. The Labute approximate surface area is 163 Å². The van der Waals surface area contributed by atoms with Crippen molar-refractivity contribution in [2.24, 2.45) is 0 Å². The number of amides is 2. The topological polar surface area (TPSA) is 91.1 Å². The minimum Gasteiger partial charge on any atom is -0.465 e. The van der Waals surface area contributed by atoms with Crippen molar-refractivity contribution in [3.8, 4) is 11.3 Å². The van der Waals surface area contributed by atoms with E-state index in [1.807, 2.05) is 39.0 Å². The number of nitrogens with zero attached hydrogens (tertiary/aromatic N) is 2. The Balaban J connectivity index is 2.17. The van der Waals surface area contributed by atoms with Crippen LogP contribution in [0.4, 0.5) is 10.5 Å². The van der Waals surface area contributed by atoms with Crippen LogP contribution in [0.2, 0.25) is 0 Å². The molecule has 2 amide bonds. The summed E-state index contributed by atoms with van der Waals surface area (Å²) in [4.78, 5) is 38.3. The molecule has 28 heavy (non-hydrogen) atoms. The molecule has 1 aromatic heterocycles. The SMILES string of the molecule is CC(=O)N1c2ccc(-c3cc(C=O)co3)cc2[C@H](N(C(=O)O)C(C)C)C[C@@H]1C. The number of anilines is 1. The van der Waals surface area contributed by atoms with Gasteiger partial charge in [-0.25, -0.2) is 4.79 Å². The standard InChI is InChI=1S/C21H24N2O5/c1-12(2)22(21(26)27)19-7-13(3)23(14(4)25)18-6-5-16(9-17(18)19)20-8-15(10-24)11-28-20/h5-6,8-13,19H,7H2,1-4H3,(H,26,27)/t13-,19+/m0/s1. The smallest absolute Gasteiger partial charge is 0.408 e. The predicted octanol–water partition coefficient (Wildman–Crippen LogP) is 4.33. The lowest BCUT2D eigenvalue weighted by Gasteiger charge is -2.43. The Morgan fingerprint density at radius 2 is 2.04 bits per heavy atom. The highest BCUT2D eigenvalue weighted by Gasteiger charge is 2.38. The molecule has 148 valence electrons. The number of aldehydes is 1. The van der Waals surface area contributed by atoms with E-state index in [2.05, 4.69) is 0 Å². The van der Waals surface area contributed by atoms with Crippen LogP contribution in [0.15, 0.2) is 34.9 Å². The summed E-state index contributed by atoms with van der Waals surface area (Å²) in [5.41, 5.74) is 2.61. The van der Waals surface area contributed by atoms with E-state index in [4.69, 9.17) is 4.42 Å².